The molecule has 2 heterocycles. The number of halogens is 1. The van der Waals surface area contributed by atoms with Gasteiger partial charge in [-0.25, -0.2) is 4.68 Å². The molecule has 0 aromatic carbocycles. The molecule has 0 aliphatic carbocycles. The normalized spacial score (nSPS) is 16.4. The molecule has 1 fully saturated rings. The first-order chi connectivity index (χ1) is 10.2. The SMILES string of the molecule is COCCn1ncc(N2CCC(CCN)CC2)c(Cl)c1=O. The van der Waals surface area contributed by atoms with Crippen LogP contribution in [0.2, 0.25) is 5.02 Å². The first-order valence-corrected chi connectivity index (χ1v) is 7.74. The third-order valence-corrected chi connectivity index (χ3v) is 4.36. The van der Waals surface area contributed by atoms with Crippen molar-refractivity contribution in [2.75, 3.05) is 38.3 Å². The highest BCUT2D eigenvalue weighted by Crippen LogP contribution is 2.27. The summed E-state index contributed by atoms with van der Waals surface area (Å²) < 4.78 is 6.30. The number of hydrogen-bond donors (Lipinski definition) is 1. The molecular weight excluding hydrogens is 292 g/mol. The monoisotopic (exact) mass is 314 g/mol. The van der Waals surface area contributed by atoms with Crippen molar-refractivity contribution >= 4 is 17.3 Å². The maximum absolute atomic E-state index is 12.2. The summed E-state index contributed by atoms with van der Waals surface area (Å²) in [6, 6.07) is 0. The summed E-state index contributed by atoms with van der Waals surface area (Å²) in [6.07, 6.45) is 4.92. The van der Waals surface area contributed by atoms with E-state index in [2.05, 4.69) is 10.00 Å². The molecule has 6 nitrogen and oxygen atoms in total. The Labute approximate surface area is 129 Å². The van der Waals surface area contributed by atoms with Gasteiger partial charge in [0, 0.05) is 20.2 Å². The quantitative estimate of drug-likeness (QED) is 0.851. The third-order valence-electron chi connectivity index (χ3n) is 4.00. The fourth-order valence-electron chi connectivity index (χ4n) is 2.71. The standard InChI is InChI=1S/C14H23ClN4O2/c1-21-9-8-19-14(20)13(15)12(10-17-19)18-6-3-11(2-5-16)4-7-18/h10-11H,2-9,16H2,1H3. The number of aromatic nitrogens is 2. The zero-order valence-electron chi connectivity index (χ0n) is 12.4. The molecule has 1 aliphatic rings. The van der Waals surface area contributed by atoms with Crippen LogP contribution in [-0.2, 0) is 11.3 Å². The Morgan fingerprint density at radius 3 is 2.81 bits per heavy atom. The van der Waals surface area contributed by atoms with Gasteiger partial charge in [0.2, 0.25) is 0 Å². The third kappa shape index (κ3) is 3.96. The summed E-state index contributed by atoms with van der Waals surface area (Å²) in [5.74, 6) is 0.681. The molecular formula is C14H23ClN4O2. The maximum atomic E-state index is 12.2. The lowest BCUT2D eigenvalue weighted by Crippen LogP contribution is -2.36. The van der Waals surface area contributed by atoms with E-state index < -0.39 is 0 Å². The Hall–Kier alpha value is -1.11. The molecule has 0 bridgehead atoms. The van der Waals surface area contributed by atoms with Gasteiger partial charge in [-0.15, -0.1) is 0 Å². The lowest BCUT2D eigenvalue weighted by molar-refractivity contribution is 0.182. The molecule has 118 valence electrons. The van der Waals surface area contributed by atoms with Crippen LogP contribution in [0.5, 0.6) is 0 Å². The van der Waals surface area contributed by atoms with Gasteiger partial charge >= 0.3 is 0 Å². The Morgan fingerprint density at radius 2 is 2.19 bits per heavy atom. The van der Waals surface area contributed by atoms with Gasteiger partial charge in [-0.3, -0.25) is 4.79 Å². The lowest BCUT2D eigenvalue weighted by atomic mass is 9.93. The van der Waals surface area contributed by atoms with E-state index in [-0.39, 0.29) is 10.6 Å². The zero-order chi connectivity index (χ0) is 15.2. The largest absolute Gasteiger partial charge is 0.383 e. The number of ether oxygens (including phenoxy) is 1. The molecule has 1 aliphatic heterocycles. The van der Waals surface area contributed by atoms with Crippen molar-refractivity contribution in [3.05, 3.63) is 21.6 Å². The first-order valence-electron chi connectivity index (χ1n) is 7.37. The minimum Gasteiger partial charge on any atom is -0.383 e. The Bertz CT molecular complexity index is 512. The summed E-state index contributed by atoms with van der Waals surface area (Å²) in [5.41, 5.74) is 6.09. The van der Waals surface area contributed by atoms with Crippen molar-refractivity contribution in [3.8, 4) is 0 Å². The van der Waals surface area contributed by atoms with Crippen LogP contribution >= 0.6 is 11.6 Å². The van der Waals surface area contributed by atoms with E-state index in [4.69, 9.17) is 22.1 Å². The van der Waals surface area contributed by atoms with E-state index in [9.17, 15) is 4.79 Å². The van der Waals surface area contributed by atoms with E-state index in [1.165, 1.54) is 4.68 Å². The molecule has 2 rings (SSSR count). The molecule has 0 unspecified atom stereocenters. The summed E-state index contributed by atoms with van der Waals surface area (Å²) >= 11 is 6.23. The van der Waals surface area contributed by atoms with Crippen LogP contribution in [0.25, 0.3) is 0 Å². The molecule has 0 saturated carbocycles. The number of piperidine rings is 1. The molecule has 1 aromatic heterocycles. The van der Waals surface area contributed by atoms with Crippen LogP contribution in [0, 0.1) is 5.92 Å². The number of rotatable bonds is 6. The van der Waals surface area contributed by atoms with Crippen LogP contribution in [0.15, 0.2) is 11.0 Å². The fourth-order valence-corrected chi connectivity index (χ4v) is 2.98. The van der Waals surface area contributed by atoms with Crippen molar-refractivity contribution in [1.29, 1.82) is 0 Å². The maximum Gasteiger partial charge on any atom is 0.287 e. The highest BCUT2D eigenvalue weighted by Gasteiger charge is 2.22. The van der Waals surface area contributed by atoms with E-state index in [1.807, 2.05) is 0 Å². The van der Waals surface area contributed by atoms with Gasteiger partial charge in [0.15, 0.2) is 0 Å². The molecule has 1 saturated heterocycles. The smallest absolute Gasteiger partial charge is 0.287 e. The predicted molar refractivity (Wildman–Crippen MR) is 84.0 cm³/mol. The molecule has 0 atom stereocenters. The van der Waals surface area contributed by atoms with Crippen molar-refractivity contribution in [3.63, 3.8) is 0 Å². The van der Waals surface area contributed by atoms with Gasteiger partial charge in [-0.2, -0.15) is 5.10 Å². The summed E-state index contributed by atoms with van der Waals surface area (Å²) in [7, 11) is 1.59. The average molecular weight is 315 g/mol. The van der Waals surface area contributed by atoms with Gasteiger partial charge in [0.25, 0.3) is 5.56 Å². The second-order valence-corrected chi connectivity index (χ2v) is 5.75. The van der Waals surface area contributed by atoms with Crippen molar-refractivity contribution in [1.82, 2.24) is 9.78 Å². The predicted octanol–water partition coefficient (Wildman–Crippen LogP) is 1.11. The fraction of sp³-hybridized carbons (Fsp3) is 0.714. The Morgan fingerprint density at radius 1 is 1.48 bits per heavy atom. The molecule has 0 spiro atoms. The van der Waals surface area contributed by atoms with Crippen molar-refractivity contribution in [2.45, 2.75) is 25.8 Å². The molecule has 0 radical (unpaired) electrons. The molecule has 0 amide bonds. The van der Waals surface area contributed by atoms with E-state index in [0.29, 0.717) is 19.1 Å². The second kappa shape index (κ2) is 7.77. The van der Waals surface area contributed by atoms with Crippen LogP contribution in [0.3, 0.4) is 0 Å². The van der Waals surface area contributed by atoms with Gasteiger partial charge in [0.05, 0.1) is 25.0 Å². The highest BCUT2D eigenvalue weighted by atomic mass is 35.5. The highest BCUT2D eigenvalue weighted by molar-refractivity contribution is 6.33. The topological polar surface area (TPSA) is 73.4 Å². The Balaban J connectivity index is 2.08. The minimum absolute atomic E-state index is 0.248. The van der Waals surface area contributed by atoms with Crippen LogP contribution in [0.1, 0.15) is 19.3 Å². The number of anilines is 1. The summed E-state index contributed by atoms with van der Waals surface area (Å²) in [6.45, 7) is 3.38. The van der Waals surface area contributed by atoms with Crippen LogP contribution < -0.4 is 16.2 Å². The number of nitrogens with two attached hydrogens (primary N) is 1. The van der Waals surface area contributed by atoms with E-state index in [0.717, 1.165) is 44.6 Å². The second-order valence-electron chi connectivity index (χ2n) is 5.37. The van der Waals surface area contributed by atoms with Crippen LogP contribution in [0.4, 0.5) is 5.69 Å². The number of methoxy groups -OCH3 is 1. The average Bonchev–Trinajstić information content (AvgIpc) is 2.50. The molecule has 2 N–H and O–H groups in total. The minimum atomic E-state index is -0.254. The van der Waals surface area contributed by atoms with Gasteiger partial charge in [0.1, 0.15) is 5.02 Å². The molecule has 21 heavy (non-hydrogen) atoms. The molecule has 1 aromatic rings. The van der Waals surface area contributed by atoms with Gasteiger partial charge in [-0.1, -0.05) is 11.6 Å². The van der Waals surface area contributed by atoms with Gasteiger partial charge < -0.3 is 15.4 Å². The number of hydrogen-bond acceptors (Lipinski definition) is 5. The van der Waals surface area contributed by atoms with Gasteiger partial charge in [-0.05, 0) is 31.7 Å². The summed E-state index contributed by atoms with van der Waals surface area (Å²) in [4.78, 5) is 14.3. The van der Waals surface area contributed by atoms with E-state index in [1.54, 1.807) is 13.3 Å². The zero-order valence-corrected chi connectivity index (χ0v) is 13.2. The number of nitrogens with zero attached hydrogens (tertiary/aromatic N) is 3. The molecule has 7 heteroatoms. The van der Waals surface area contributed by atoms with Crippen molar-refractivity contribution < 1.29 is 4.74 Å². The van der Waals surface area contributed by atoms with Crippen LogP contribution in [-0.4, -0.2) is 43.1 Å². The summed E-state index contributed by atoms with van der Waals surface area (Å²) in [5, 5.41) is 4.43. The van der Waals surface area contributed by atoms with E-state index >= 15 is 0 Å². The Kier molecular flexibility index (Phi) is 6.02. The first kappa shape index (κ1) is 16.3. The van der Waals surface area contributed by atoms with Crippen molar-refractivity contribution in [2.24, 2.45) is 11.7 Å². The lowest BCUT2D eigenvalue weighted by Gasteiger charge is -2.33.